The molecule has 0 spiro atoms. The number of carbonyl (C=O) groups excluding carboxylic acids is 1. The van der Waals surface area contributed by atoms with Gasteiger partial charge in [-0.05, 0) is 27.2 Å². The van der Waals surface area contributed by atoms with Gasteiger partial charge in [0.25, 0.3) is 0 Å². The fourth-order valence-corrected chi connectivity index (χ4v) is 1.72. The minimum atomic E-state index is -0.933. The van der Waals surface area contributed by atoms with Gasteiger partial charge in [0.15, 0.2) is 0 Å². The van der Waals surface area contributed by atoms with Gasteiger partial charge in [-0.3, -0.25) is 4.79 Å². The minimum Gasteiger partial charge on any atom is -0.481 e. The molecule has 2 amide bonds. The zero-order valence-corrected chi connectivity index (χ0v) is 12.5. The van der Waals surface area contributed by atoms with Crippen LogP contribution in [0.3, 0.4) is 0 Å². The Kier molecular flexibility index (Phi) is 7.44. The molecule has 6 heteroatoms. The number of carboxylic acid groups (broad SMARTS) is 1. The van der Waals surface area contributed by atoms with E-state index in [1.165, 1.54) is 0 Å². The predicted molar refractivity (Wildman–Crippen MR) is 73.2 cm³/mol. The van der Waals surface area contributed by atoms with Crippen LogP contribution in [0.2, 0.25) is 0 Å². The van der Waals surface area contributed by atoms with Crippen LogP contribution in [0, 0.1) is 0 Å². The minimum absolute atomic E-state index is 0.0794. The molecule has 0 rings (SSSR count). The maximum absolute atomic E-state index is 12.2. The van der Waals surface area contributed by atoms with Crippen molar-refractivity contribution in [2.75, 3.05) is 20.3 Å². The zero-order valence-electron chi connectivity index (χ0n) is 12.5. The summed E-state index contributed by atoms with van der Waals surface area (Å²) in [6.07, 6.45) is 0.716. The number of amides is 2. The van der Waals surface area contributed by atoms with Crippen molar-refractivity contribution in [3.63, 3.8) is 0 Å². The maximum Gasteiger partial charge on any atom is 0.318 e. The molecular weight excluding hydrogens is 248 g/mol. The number of carbonyl (C=O) groups is 2. The second-order valence-corrected chi connectivity index (χ2v) is 5.33. The Labute approximate surface area is 115 Å². The monoisotopic (exact) mass is 274 g/mol. The number of methoxy groups -OCH3 is 1. The van der Waals surface area contributed by atoms with Crippen LogP contribution in [-0.2, 0) is 9.53 Å². The van der Waals surface area contributed by atoms with Crippen LogP contribution >= 0.6 is 0 Å². The molecule has 0 saturated heterocycles. The van der Waals surface area contributed by atoms with E-state index in [0.29, 0.717) is 13.2 Å². The first-order valence-electron chi connectivity index (χ1n) is 6.53. The van der Waals surface area contributed by atoms with Crippen LogP contribution < -0.4 is 5.32 Å². The Morgan fingerprint density at radius 1 is 1.42 bits per heavy atom. The number of ether oxygens (including phenoxy) is 1. The van der Waals surface area contributed by atoms with E-state index in [0.717, 1.165) is 6.42 Å². The summed E-state index contributed by atoms with van der Waals surface area (Å²) in [7, 11) is 1.58. The van der Waals surface area contributed by atoms with E-state index in [1.54, 1.807) is 25.9 Å². The van der Waals surface area contributed by atoms with Gasteiger partial charge in [0.2, 0.25) is 0 Å². The van der Waals surface area contributed by atoms with Crippen LogP contribution in [0.1, 0.15) is 40.5 Å². The molecule has 1 unspecified atom stereocenters. The van der Waals surface area contributed by atoms with E-state index in [2.05, 4.69) is 5.32 Å². The standard InChI is InChI=1S/C13H26N2O4/c1-6-10(2)15(7-8-19-5)12(18)14-13(3,4)9-11(16)17/h10H,6-9H2,1-5H3,(H,14,18)(H,16,17). The molecule has 0 aromatic rings. The fraction of sp³-hybridized carbons (Fsp3) is 0.846. The van der Waals surface area contributed by atoms with Gasteiger partial charge in [-0.25, -0.2) is 4.79 Å². The number of aliphatic carboxylic acids is 1. The van der Waals surface area contributed by atoms with Gasteiger partial charge >= 0.3 is 12.0 Å². The van der Waals surface area contributed by atoms with Crippen LogP contribution in [0.15, 0.2) is 0 Å². The van der Waals surface area contributed by atoms with E-state index >= 15 is 0 Å². The second-order valence-electron chi connectivity index (χ2n) is 5.33. The number of nitrogens with zero attached hydrogens (tertiary/aromatic N) is 1. The van der Waals surface area contributed by atoms with Crippen LogP contribution in [0.4, 0.5) is 4.79 Å². The first kappa shape index (κ1) is 17.7. The van der Waals surface area contributed by atoms with Gasteiger partial charge in [0, 0.05) is 25.2 Å². The molecule has 19 heavy (non-hydrogen) atoms. The lowest BCUT2D eigenvalue weighted by Crippen LogP contribution is -2.53. The topological polar surface area (TPSA) is 78.9 Å². The average molecular weight is 274 g/mol. The first-order valence-corrected chi connectivity index (χ1v) is 6.53. The highest BCUT2D eigenvalue weighted by Crippen LogP contribution is 2.11. The lowest BCUT2D eigenvalue weighted by Gasteiger charge is -2.33. The normalized spacial score (nSPS) is 12.9. The number of rotatable bonds is 8. The number of urea groups is 1. The molecule has 6 nitrogen and oxygen atoms in total. The van der Waals surface area contributed by atoms with Gasteiger partial charge in [0.05, 0.1) is 13.0 Å². The average Bonchev–Trinajstić information content (AvgIpc) is 2.26. The molecule has 0 fully saturated rings. The third-order valence-electron chi connectivity index (χ3n) is 2.96. The molecule has 2 N–H and O–H groups in total. The van der Waals surface area contributed by atoms with E-state index in [9.17, 15) is 9.59 Å². The third kappa shape index (κ3) is 7.00. The fourth-order valence-electron chi connectivity index (χ4n) is 1.72. The van der Waals surface area contributed by atoms with Crippen molar-refractivity contribution in [3.8, 4) is 0 Å². The molecule has 0 aliphatic rings. The Hall–Kier alpha value is -1.30. The molecule has 0 saturated carbocycles. The molecule has 0 aromatic heterocycles. The van der Waals surface area contributed by atoms with Crippen LogP contribution in [-0.4, -0.2) is 53.8 Å². The lowest BCUT2D eigenvalue weighted by molar-refractivity contribution is -0.138. The van der Waals surface area contributed by atoms with Crippen LogP contribution in [0.5, 0.6) is 0 Å². The summed E-state index contributed by atoms with van der Waals surface area (Å²) in [4.78, 5) is 24.6. The van der Waals surface area contributed by atoms with E-state index in [-0.39, 0.29) is 18.5 Å². The second kappa shape index (κ2) is 7.99. The molecule has 0 bridgehead atoms. The largest absolute Gasteiger partial charge is 0.481 e. The molecule has 112 valence electrons. The SMILES string of the molecule is CCC(C)N(CCOC)C(=O)NC(C)(C)CC(=O)O. The summed E-state index contributed by atoms with van der Waals surface area (Å²) in [5.41, 5.74) is -0.776. The molecule has 0 aliphatic heterocycles. The number of nitrogens with one attached hydrogen (secondary N) is 1. The zero-order chi connectivity index (χ0) is 15.1. The number of carboxylic acids is 1. The van der Waals surface area contributed by atoms with Crippen molar-refractivity contribution in [1.82, 2.24) is 10.2 Å². The van der Waals surface area contributed by atoms with Gasteiger partial charge in [-0.15, -0.1) is 0 Å². The van der Waals surface area contributed by atoms with Gasteiger partial charge in [-0.2, -0.15) is 0 Å². The van der Waals surface area contributed by atoms with Crippen molar-refractivity contribution in [2.45, 2.75) is 52.1 Å². The van der Waals surface area contributed by atoms with E-state index in [4.69, 9.17) is 9.84 Å². The third-order valence-corrected chi connectivity index (χ3v) is 2.96. The molecule has 0 heterocycles. The van der Waals surface area contributed by atoms with Gasteiger partial charge < -0.3 is 20.1 Å². The highest BCUT2D eigenvalue weighted by molar-refractivity contribution is 5.77. The first-order chi connectivity index (χ1) is 8.73. The highest BCUT2D eigenvalue weighted by atomic mass is 16.5. The van der Waals surface area contributed by atoms with E-state index < -0.39 is 11.5 Å². The Balaban J connectivity index is 4.66. The van der Waals surface area contributed by atoms with Crippen molar-refractivity contribution in [1.29, 1.82) is 0 Å². The summed E-state index contributed by atoms with van der Waals surface area (Å²) >= 11 is 0. The summed E-state index contributed by atoms with van der Waals surface area (Å²) in [5, 5.41) is 11.6. The molecule has 0 aromatic carbocycles. The molecular formula is C13H26N2O4. The van der Waals surface area contributed by atoms with Gasteiger partial charge in [-0.1, -0.05) is 6.92 Å². The van der Waals surface area contributed by atoms with Crippen molar-refractivity contribution < 1.29 is 19.4 Å². The van der Waals surface area contributed by atoms with Crippen LogP contribution in [0.25, 0.3) is 0 Å². The molecule has 0 aliphatic carbocycles. The van der Waals surface area contributed by atoms with E-state index in [1.807, 2.05) is 13.8 Å². The van der Waals surface area contributed by atoms with Crippen molar-refractivity contribution in [2.24, 2.45) is 0 Å². The Morgan fingerprint density at radius 3 is 2.42 bits per heavy atom. The quantitative estimate of drug-likeness (QED) is 0.706. The lowest BCUT2D eigenvalue weighted by atomic mass is 10.0. The number of hydrogen-bond donors (Lipinski definition) is 2. The summed E-state index contributed by atoms with van der Waals surface area (Å²) in [6, 6.07) is -0.173. The molecule has 1 atom stereocenters. The Morgan fingerprint density at radius 2 is 2.00 bits per heavy atom. The van der Waals surface area contributed by atoms with Crippen molar-refractivity contribution >= 4 is 12.0 Å². The van der Waals surface area contributed by atoms with Crippen molar-refractivity contribution in [3.05, 3.63) is 0 Å². The maximum atomic E-state index is 12.2. The number of hydrogen-bond acceptors (Lipinski definition) is 3. The highest BCUT2D eigenvalue weighted by Gasteiger charge is 2.27. The smallest absolute Gasteiger partial charge is 0.318 e. The predicted octanol–water partition coefficient (Wildman–Crippen LogP) is 1.70. The summed E-state index contributed by atoms with van der Waals surface area (Å²) in [6.45, 7) is 8.30. The molecule has 0 radical (unpaired) electrons. The van der Waals surface area contributed by atoms with Gasteiger partial charge in [0.1, 0.15) is 0 Å². The summed E-state index contributed by atoms with van der Waals surface area (Å²) < 4.78 is 5.00. The Bertz CT molecular complexity index is 305. The summed E-state index contributed by atoms with van der Waals surface area (Å²) in [5.74, 6) is -0.933.